The van der Waals surface area contributed by atoms with Crippen LogP contribution in [0.25, 0.3) is 0 Å². The molecule has 1 heterocycles. The predicted octanol–water partition coefficient (Wildman–Crippen LogP) is 0.906. The summed E-state index contributed by atoms with van der Waals surface area (Å²) in [6, 6.07) is 9.39. The summed E-state index contributed by atoms with van der Waals surface area (Å²) in [7, 11) is 1.78. The molecule has 1 aromatic heterocycles. The number of carboxylic acid groups (broad SMARTS) is 1. The highest BCUT2D eigenvalue weighted by molar-refractivity contribution is 5.73. The number of para-hydroxylation sites is 1. The SMILES string of the molecule is Cn1ncnc1CN(CC(=O)O)c1ccccc1. The molecule has 0 aliphatic carbocycles. The molecule has 0 spiro atoms. The van der Waals surface area contributed by atoms with E-state index in [4.69, 9.17) is 5.11 Å². The van der Waals surface area contributed by atoms with Crippen LogP contribution in [-0.2, 0) is 18.4 Å². The maximum absolute atomic E-state index is 10.9. The lowest BCUT2D eigenvalue weighted by atomic mass is 10.3. The van der Waals surface area contributed by atoms with Crippen molar-refractivity contribution in [1.82, 2.24) is 14.8 Å². The molecule has 0 atom stereocenters. The molecule has 1 aromatic carbocycles. The van der Waals surface area contributed by atoms with Gasteiger partial charge in [0.15, 0.2) is 0 Å². The number of aryl methyl sites for hydroxylation is 1. The van der Waals surface area contributed by atoms with Gasteiger partial charge >= 0.3 is 5.97 Å². The monoisotopic (exact) mass is 246 g/mol. The van der Waals surface area contributed by atoms with E-state index >= 15 is 0 Å². The molecule has 0 saturated heterocycles. The van der Waals surface area contributed by atoms with Crippen molar-refractivity contribution in [2.75, 3.05) is 11.4 Å². The van der Waals surface area contributed by atoms with Crippen LogP contribution in [0.1, 0.15) is 5.82 Å². The Bertz CT molecular complexity index is 524. The molecule has 0 bridgehead atoms. The molecular weight excluding hydrogens is 232 g/mol. The molecule has 0 amide bonds. The molecule has 2 aromatic rings. The standard InChI is InChI=1S/C12H14N4O2/c1-15-11(13-9-14-15)7-16(8-12(17)18)10-5-3-2-4-6-10/h2-6,9H,7-8H2,1H3,(H,17,18). The highest BCUT2D eigenvalue weighted by Crippen LogP contribution is 2.15. The number of benzene rings is 1. The lowest BCUT2D eigenvalue weighted by Gasteiger charge is -2.22. The van der Waals surface area contributed by atoms with Gasteiger partial charge in [0.1, 0.15) is 18.7 Å². The smallest absolute Gasteiger partial charge is 0.323 e. The van der Waals surface area contributed by atoms with E-state index in [0.29, 0.717) is 6.54 Å². The topological polar surface area (TPSA) is 71.2 Å². The second-order valence-electron chi connectivity index (χ2n) is 3.89. The molecule has 94 valence electrons. The normalized spacial score (nSPS) is 10.3. The molecule has 1 N–H and O–H groups in total. The Morgan fingerprint density at radius 3 is 2.67 bits per heavy atom. The Balaban J connectivity index is 2.21. The Kier molecular flexibility index (Phi) is 3.57. The lowest BCUT2D eigenvalue weighted by molar-refractivity contribution is -0.135. The van der Waals surface area contributed by atoms with Crippen molar-refractivity contribution < 1.29 is 9.90 Å². The molecule has 0 aliphatic rings. The van der Waals surface area contributed by atoms with Crippen molar-refractivity contribution in [2.24, 2.45) is 7.05 Å². The first-order valence-corrected chi connectivity index (χ1v) is 5.51. The molecule has 0 unspecified atom stereocenters. The number of nitrogens with zero attached hydrogens (tertiary/aromatic N) is 4. The minimum atomic E-state index is -0.874. The maximum atomic E-state index is 10.9. The number of aliphatic carboxylic acids is 1. The van der Waals surface area contributed by atoms with Gasteiger partial charge in [-0.3, -0.25) is 9.48 Å². The maximum Gasteiger partial charge on any atom is 0.323 e. The fourth-order valence-electron chi connectivity index (χ4n) is 1.67. The Hall–Kier alpha value is -2.37. The summed E-state index contributed by atoms with van der Waals surface area (Å²) in [5.74, 6) is -0.152. The van der Waals surface area contributed by atoms with Crippen LogP contribution in [0.4, 0.5) is 5.69 Å². The summed E-state index contributed by atoms with van der Waals surface area (Å²) in [4.78, 5) is 16.8. The first-order chi connectivity index (χ1) is 8.66. The minimum absolute atomic E-state index is 0.0725. The summed E-state index contributed by atoms with van der Waals surface area (Å²) in [5.41, 5.74) is 0.850. The minimum Gasteiger partial charge on any atom is -0.480 e. The quantitative estimate of drug-likeness (QED) is 0.849. The molecule has 6 nitrogen and oxygen atoms in total. The van der Waals surface area contributed by atoms with Gasteiger partial charge in [0, 0.05) is 12.7 Å². The van der Waals surface area contributed by atoms with Crippen LogP contribution in [0.5, 0.6) is 0 Å². The number of hydrogen-bond acceptors (Lipinski definition) is 4. The van der Waals surface area contributed by atoms with Crippen molar-refractivity contribution in [2.45, 2.75) is 6.54 Å². The Morgan fingerprint density at radius 1 is 1.39 bits per heavy atom. The van der Waals surface area contributed by atoms with Crippen molar-refractivity contribution in [1.29, 1.82) is 0 Å². The number of carbonyl (C=O) groups is 1. The zero-order valence-corrected chi connectivity index (χ0v) is 10.0. The fraction of sp³-hybridized carbons (Fsp3) is 0.250. The third-order valence-electron chi connectivity index (χ3n) is 2.58. The van der Waals surface area contributed by atoms with Gasteiger partial charge in [-0.25, -0.2) is 4.98 Å². The third-order valence-corrected chi connectivity index (χ3v) is 2.58. The highest BCUT2D eigenvalue weighted by Gasteiger charge is 2.13. The van der Waals surface area contributed by atoms with E-state index < -0.39 is 5.97 Å². The van der Waals surface area contributed by atoms with E-state index in [1.54, 1.807) is 16.6 Å². The summed E-state index contributed by atoms with van der Waals surface area (Å²) < 4.78 is 1.64. The molecule has 0 saturated carbocycles. The Morgan fingerprint density at radius 2 is 2.11 bits per heavy atom. The Labute approximate surface area is 104 Å². The zero-order chi connectivity index (χ0) is 13.0. The van der Waals surface area contributed by atoms with Crippen molar-refractivity contribution in [3.8, 4) is 0 Å². The van der Waals surface area contributed by atoms with Crippen molar-refractivity contribution in [3.05, 3.63) is 42.5 Å². The van der Waals surface area contributed by atoms with E-state index in [2.05, 4.69) is 10.1 Å². The van der Waals surface area contributed by atoms with Crippen LogP contribution in [-0.4, -0.2) is 32.4 Å². The van der Waals surface area contributed by atoms with Crippen LogP contribution in [0.3, 0.4) is 0 Å². The first-order valence-electron chi connectivity index (χ1n) is 5.51. The van der Waals surface area contributed by atoms with Gasteiger partial charge in [-0.1, -0.05) is 18.2 Å². The summed E-state index contributed by atoms with van der Waals surface area (Å²) in [6.45, 7) is 0.337. The second-order valence-corrected chi connectivity index (χ2v) is 3.89. The van der Waals surface area contributed by atoms with Crippen LogP contribution in [0.15, 0.2) is 36.7 Å². The van der Waals surface area contributed by atoms with Gasteiger partial charge in [0.05, 0.1) is 6.54 Å². The van der Waals surface area contributed by atoms with E-state index in [-0.39, 0.29) is 6.54 Å². The summed E-state index contributed by atoms with van der Waals surface area (Å²) >= 11 is 0. The van der Waals surface area contributed by atoms with E-state index in [0.717, 1.165) is 11.5 Å². The number of rotatable bonds is 5. The van der Waals surface area contributed by atoms with Gasteiger partial charge in [-0.2, -0.15) is 5.10 Å². The third kappa shape index (κ3) is 2.85. The van der Waals surface area contributed by atoms with Gasteiger partial charge < -0.3 is 10.0 Å². The predicted molar refractivity (Wildman–Crippen MR) is 66.1 cm³/mol. The van der Waals surface area contributed by atoms with Crippen molar-refractivity contribution in [3.63, 3.8) is 0 Å². The molecule has 2 rings (SSSR count). The number of carboxylic acids is 1. The van der Waals surface area contributed by atoms with Crippen LogP contribution >= 0.6 is 0 Å². The summed E-state index contributed by atoms with van der Waals surface area (Å²) in [6.07, 6.45) is 1.46. The second kappa shape index (κ2) is 5.31. The molecule has 0 radical (unpaired) electrons. The van der Waals surface area contributed by atoms with Crippen LogP contribution < -0.4 is 4.90 Å². The molecular formula is C12H14N4O2. The lowest BCUT2D eigenvalue weighted by Crippen LogP contribution is -2.30. The van der Waals surface area contributed by atoms with E-state index in [1.165, 1.54) is 6.33 Å². The van der Waals surface area contributed by atoms with Gasteiger partial charge in [0.25, 0.3) is 0 Å². The van der Waals surface area contributed by atoms with Crippen molar-refractivity contribution >= 4 is 11.7 Å². The molecule has 0 aliphatic heterocycles. The number of aromatic nitrogens is 3. The number of hydrogen-bond donors (Lipinski definition) is 1. The molecule has 0 fully saturated rings. The first kappa shape index (κ1) is 12.1. The van der Waals surface area contributed by atoms with Crippen LogP contribution in [0.2, 0.25) is 0 Å². The zero-order valence-electron chi connectivity index (χ0n) is 10.0. The summed E-state index contributed by atoms with van der Waals surface area (Å²) in [5, 5.41) is 12.9. The molecule has 18 heavy (non-hydrogen) atoms. The van der Waals surface area contributed by atoms with Gasteiger partial charge in [-0.05, 0) is 12.1 Å². The fourth-order valence-corrected chi connectivity index (χ4v) is 1.67. The van der Waals surface area contributed by atoms with Gasteiger partial charge in [-0.15, -0.1) is 0 Å². The largest absolute Gasteiger partial charge is 0.480 e. The average molecular weight is 246 g/mol. The number of anilines is 1. The van der Waals surface area contributed by atoms with E-state index in [9.17, 15) is 4.79 Å². The molecule has 6 heteroatoms. The van der Waals surface area contributed by atoms with E-state index in [1.807, 2.05) is 30.3 Å². The van der Waals surface area contributed by atoms with Crippen LogP contribution in [0, 0.1) is 0 Å². The average Bonchev–Trinajstić information content (AvgIpc) is 2.75. The highest BCUT2D eigenvalue weighted by atomic mass is 16.4. The van der Waals surface area contributed by atoms with Gasteiger partial charge in [0.2, 0.25) is 0 Å².